The standard InChI is InChI=1S/C15H16.CH4/c1-12-5-3-7-14(9-12)11-15-8-4-6-13(2)10-15;/h3-10H,11H2,1-2H3;1H4. The summed E-state index contributed by atoms with van der Waals surface area (Å²) >= 11 is 0. The highest BCUT2D eigenvalue weighted by Crippen LogP contribution is 2.12. The van der Waals surface area contributed by atoms with Crippen LogP contribution in [0.25, 0.3) is 0 Å². The van der Waals surface area contributed by atoms with E-state index >= 15 is 0 Å². The van der Waals surface area contributed by atoms with Gasteiger partial charge in [-0.15, -0.1) is 0 Å². The van der Waals surface area contributed by atoms with Crippen LogP contribution in [0.4, 0.5) is 0 Å². The van der Waals surface area contributed by atoms with Gasteiger partial charge < -0.3 is 0 Å². The highest BCUT2D eigenvalue weighted by Gasteiger charge is 1.96. The second-order valence-electron chi connectivity index (χ2n) is 4.15. The van der Waals surface area contributed by atoms with Gasteiger partial charge in [0.2, 0.25) is 0 Å². The molecule has 0 aliphatic heterocycles. The van der Waals surface area contributed by atoms with Crippen molar-refractivity contribution < 1.29 is 0 Å². The third kappa shape index (κ3) is 3.23. The Kier molecular flexibility index (Phi) is 4.30. The predicted molar refractivity (Wildman–Crippen MR) is 71.9 cm³/mol. The normalized spacial score (nSPS) is 9.62. The van der Waals surface area contributed by atoms with Gasteiger partial charge in [0.25, 0.3) is 0 Å². The van der Waals surface area contributed by atoms with Crippen LogP contribution in [0.3, 0.4) is 0 Å². The smallest absolute Gasteiger partial charge is 0.00256 e. The molecule has 0 heteroatoms. The predicted octanol–water partition coefficient (Wildman–Crippen LogP) is 4.53. The molecule has 0 bridgehead atoms. The fourth-order valence-electron chi connectivity index (χ4n) is 1.88. The Balaban J connectivity index is 0.00000128. The van der Waals surface area contributed by atoms with E-state index in [4.69, 9.17) is 0 Å². The first-order chi connectivity index (χ1) is 7.24. The first kappa shape index (κ1) is 12.5. The van der Waals surface area contributed by atoms with E-state index < -0.39 is 0 Å². The second-order valence-corrected chi connectivity index (χ2v) is 4.15. The number of benzene rings is 2. The van der Waals surface area contributed by atoms with E-state index in [1.54, 1.807) is 0 Å². The van der Waals surface area contributed by atoms with Crippen LogP contribution in [-0.2, 0) is 6.42 Å². The first-order valence-electron chi connectivity index (χ1n) is 5.35. The molecule has 0 fully saturated rings. The summed E-state index contributed by atoms with van der Waals surface area (Å²) in [6, 6.07) is 17.4. The van der Waals surface area contributed by atoms with Crippen LogP contribution < -0.4 is 0 Å². The summed E-state index contributed by atoms with van der Waals surface area (Å²) in [5.41, 5.74) is 5.45. The maximum Gasteiger partial charge on any atom is -0.00256 e. The lowest BCUT2D eigenvalue weighted by atomic mass is 10.0. The summed E-state index contributed by atoms with van der Waals surface area (Å²) in [4.78, 5) is 0. The van der Waals surface area contributed by atoms with Gasteiger partial charge in [0.15, 0.2) is 0 Å². The van der Waals surface area contributed by atoms with Crippen molar-refractivity contribution in [2.24, 2.45) is 0 Å². The van der Waals surface area contributed by atoms with Crippen LogP contribution in [0.15, 0.2) is 48.5 Å². The van der Waals surface area contributed by atoms with E-state index in [1.807, 2.05) is 0 Å². The van der Waals surface area contributed by atoms with Crippen LogP contribution in [0.5, 0.6) is 0 Å². The van der Waals surface area contributed by atoms with Crippen molar-refractivity contribution >= 4 is 0 Å². The molecular formula is C16H20. The molecule has 0 unspecified atom stereocenters. The summed E-state index contributed by atoms with van der Waals surface area (Å²) in [6.07, 6.45) is 1.03. The molecule has 0 nitrogen and oxygen atoms in total. The Hall–Kier alpha value is -1.56. The Morgan fingerprint density at radius 3 is 1.56 bits per heavy atom. The summed E-state index contributed by atoms with van der Waals surface area (Å²) in [5.74, 6) is 0. The van der Waals surface area contributed by atoms with Crippen molar-refractivity contribution in [2.45, 2.75) is 27.7 Å². The van der Waals surface area contributed by atoms with Gasteiger partial charge in [-0.05, 0) is 31.4 Å². The van der Waals surface area contributed by atoms with Crippen molar-refractivity contribution in [3.8, 4) is 0 Å². The van der Waals surface area contributed by atoms with Crippen LogP contribution in [0.2, 0.25) is 0 Å². The molecule has 0 aliphatic rings. The Morgan fingerprint density at radius 1 is 0.750 bits per heavy atom. The molecule has 0 radical (unpaired) electrons. The lowest BCUT2D eigenvalue weighted by Crippen LogP contribution is -1.89. The fraction of sp³-hybridized carbons (Fsp3) is 0.250. The minimum Gasteiger partial charge on any atom is -0.0776 e. The lowest BCUT2D eigenvalue weighted by Gasteiger charge is -2.03. The largest absolute Gasteiger partial charge is 0.0776 e. The first-order valence-corrected chi connectivity index (χ1v) is 5.35. The number of hydrogen-bond donors (Lipinski definition) is 0. The molecule has 0 aromatic heterocycles. The third-order valence-electron chi connectivity index (χ3n) is 2.57. The lowest BCUT2D eigenvalue weighted by molar-refractivity contribution is 1.17. The van der Waals surface area contributed by atoms with Crippen molar-refractivity contribution in [1.82, 2.24) is 0 Å². The van der Waals surface area contributed by atoms with E-state index in [2.05, 4.69) is 62.4 Å². The second kappa shape index (κ2) is 5.50. The van der Waals surface area contributed by atoms with Gasteiger partial charge >= 0.3 is 0 Å². The molecule has 0 saturated carbocycles. The van der Waals surface area contributed by atoms with E-state index in [0.29, 0.717) is 0 Å². The van der Waals surface area contributed by atoms with Crippen LogP contribution in [-0.4, -0.2) is 0 Å². The molecule has 84 valence electrons. The van der Waals surface area contributed by atoms with Crippen molar-refractivity contribution in [3.05, 3.63) is 70.8 Å². The number of rotatable bonds is 2. The van der Waals surface area contributed by atoms with Gasteiger partial charge in [0.05, 0.1) is 0 Å². The molecule has 0 saturated heterocycles. The quantitative estimate of drug-likeness (QED) is 0.686. The summed E-state index contributed by atoms with van der Waals surface area (Å²) < 4.78 is 0. The maximum absolute atomic E-state index is 2.25. The average Bonchev–Trinajstić information content (AvgIpc) is 2.17. The fourth-order valence-corrected chi connectivity index (χ4v) is 1.88. The molecule has 0 N–H and O–H groups in total. The van der Waals surface area contributed by atoms with E-state index in [-0.39, 0.29) is 7.43 Å². The molecule has 0 heterocycles. The van der Waals surface area contributed by atoms with Gasteiger partial charge in [0.1, 0.15) is 0 Å². The van der Waals surface area contributed by atoms with Crippen molar-refractivity contribution in [2.75, 3.05) is 0 Å². The number of hydrogen-bond acceptors (Lipinski definition) is 0. The molecule has 0 atom stereocenters. The minimum atomic E-state index is 0. The van der Waals surface area contributed by atoms with Crippen LogP contribution >= 0.6 is 0 Å². The zero-order chi connectivity index (χ0) is 10.7. The van der Waals surface area contributed by atoms with Crippen molar-refractivity contribution in [1.29, 1.82) is 0 Å². The molecule has 0 aliphatic carbocycles. The third-order valence-corrected chi connectivity index (χ3v) is 2.57. The Morgan fingerprint density at radius 2 is 1.19 bits per heavy atom. The minimum absolute atomic E-state index is 0. The SMILES string of the molecule is C.Cc1cccc(Cc2cccc(C)c2)c1. The topological polar surface area (TPSA) is 0 Å². The van der Waals surface area contributed by atoms with Gasteiger partial charge in [-0.25, -0.2) is 0 Å². The Bertz CT molecular complexity index is 412. The van der Waals surface area contributed by atoms with E-state index in [0.717, 1.165) is 6.42 Å². The van der Waals surface area contributed by atoms with E-state index in [9.17, 15) is 0 Å². The van der Waals surface area contributed by atoms with Crippen LogP contribution in [0.1, 0.15) is 29.7 Å². The monoisotopic (exact) mass is 212 g/mol. The zero-order valence-electron chi connectivity index (χ0n) is 9.33. The molecular weight excluding hydrogens is 192 g/mol. The summed E-state index contributed by atoms with van der Waals surface area (Å²) in [6.45, 7) is 4.28. The van der Waals surface area contributed by atoms with Gasteiger partial charge in [-0.1, -0.05) is 67.1 Å². The summed E-state index contributed by atoms with van der Waals surface area (Å²) in [7, 11) is 0. The summed E-state index contributed by atoms with van der Waals surface area (Å²) in [5, 5.41) is 0. The van der Waals surface area contributed by atoms with Gasteiger partial charge in [-0.2, -0.15) is 0 Å². The molecule has 0 spiro atoms. The van der Waals surface area contributed by atoms with Gasteiger partial charge in [0, 0.05) is 0 Å². The zero-order valence-corrected chi connectivity index (χ0v) is 9.33. The molecule has 2 aromatic rings. The highest BCUT2D eigenvalue weighted by atomic mass is 14.0. The van der Waals surface area contributed by atoms with Crippen LogP contribution in [0, 0.1) is 13.8 Å². The number of aryl methyl sites for hydroxylation is 2. The highest BCUT2D eigenvalue weighted by molar-refractivity contribution is 5.30. The van der Waals surface area contributed by atoms with Gasteiger partial charge in [-0.3, -0.25) is 0 Å². The molecule has 0 amide bonds. The Labute approximate surface area is 99.0 Å². The molecule has 2 aromatic carbocycles. The average molecular weight is 212 g/mol. The van der Waals surface area contributed by atoms with E-state index in [1.165, 1.54) is 22.3 Å². The maximum atomic E-state index is 2.25. The van der Waals surface area contributed by atoms with Crippen molar-refractivity contribution in [3.63, 3.8) is 0 Å². The molecule has 16 heavy (non-hydrogen) atoms. The molecule has 2 rings (SSSR count).